The molecule has 6 nitrogen and oxygen atoms in total. The molecule has 6 heteroatoms. The van der Waals surface area contributed by atoms with Crippen molar-refractivity contribution in [1.82, 2.24) is 0 Å². The fourth-order valence-electron chi connectivity index (χ4n) is 1.90. The van der Waals surface area contributed by atoms with Crippen molar-refractivity contribution < 1.29 is 14.5 Å². The number of hydrogen-bond donors (Lipinski definition) is 0. The molecule has 0 aliphatic rings. The highest BCUT2D eigenvalue weighted by molar-refractivity contribution is 5.74. The van der Waals surface area contributed by atoms with Crippen molar-refractivity contribution in [3.05, 3.63) is 38.9 Å². The van der Waals surface area contributed by atoms with Gasteiger partial charge in [0.05, 0.1) is 18.0 Å². The van der Waals surface area contributed by atoms with Gasteiger partial charge in [-0.25, -0.2) is 0 Å². The maximum Gasteiger partial charge on any atom is 0.310 e. The summed E-state index contributed by atoms with van der Waals surface area (Å²) in [5, 5.41) is 20.0. The second-order valence-electron chi connectivity index (χ2n) is 3.80. The molecule has 0 radical (unpaired) electrons. The SMILES string of the molecule is CCOC(=O)Cc1ccc(C#N)c([N+](=O)[O-])c1CC. The van der Waals surface area contributed by atoms with Gasteiger partial charge in [-0.15, -0.1) is 0 Å². The Bertz CT molecular complexity index is 546. The minimum atomic E-state index is -0.577. The molecule has 0 amide bonds. The summed E-state index contributed by atoms with van der Waals surface area (Å²) in [6.45, 7) is 3.71. The molecule has 0 unspecified atom stereocenters. The summed E-state index contributed by atoms with van der Waals surface area (Å²) in [5.41, 5.74) is 0.741. The van der Waals surface area contributed by atoms with Crippen molar-refractivity contribution >= 4 is 11.7 Å². The fourth-order valence-corrected chi connectivity index (χ4v) is 1.90. The number of carbonyl (C=O) groups is 1. The van der Waals surface area contributed by atoms with E-state index in [4.69, 9.17) is 10.00 Å². The predicted octanol–water partition coefficient (Wildman–Crippen LogP) is 2.13. The van der Waals surface area contributed by atoms with Crippen LogP contribution in [0.4, 0.5) is 5.69 Å². The van der Waals surface area contributed by atoms with Crippen molar-refractivity contribution in [3.63, 3.8) is 0 Å². The Kier molecular flexibility index (Phi) is 5.01. The van der Waals surface area contributed by atoms with Gasteiger partial charge in [0.15, 0.2) is 0 Å². The molecule has 1 rings (SSSR count). The first kappa shape index (κ1) is 14.6. The van der Waals surface area contributed by atoms with Gasteiger partial charge in [0.1, 0.15) is 11.6 Å². The van der Waals surface area contributed by atoms with E-state index in [0.29, 0.717) is 17.5 Å². The molecule has 0 aliphatic heterocycles. The van der Waals surface area contributed by atoms with Crippen LogP contribution in [0.25, 0.3) is 0 Å². The molecule has 100 valence electrons. The second kappa shape index (κ2) is 6.50. The molecule has 0 heterocycles. The van der Waals surface area contributed by atoms with Gasteiger partial charge in [0, 0.05) is 5.56 Å². The standard InChI is InChI=1S/C13H14N2O4/c1-3-11-9(7-12(16)19-4-2)5-6-10(8-14)13(11)15(17)18/h5-6H,3-4,7H2,1-2H3. The summed E-state index contributed by atoms with van der Waals surface area (Å²) < 4.78 is 4.83. The summed E-state index contributed by atoms with van der Waals surface area (Å²) in [5.74, 6) is -0.434. The Balaban J connectivity index is 3.28. The zero-order chi connectivity index (χ0) is 14.4. The zero-order valence-corrected chi connectivity index (χ0v) is 10.8. The summed E-state index contributed by atoms with van der Waals surface area (Å²) in [7, 11) is 0. The van der Waals surface area contributed by atoms with Crippen LogP contribution in [0, 0.1) is 21.4 Å². The van der Waals surface area contributed by atoms with Crippen molar-refractivity contribution in [2.45, 2.75) is 26.7 Å². The predicted molar refractivity (Wildman–Crippen MR) is 67.5 cm³/mol. The topological polar surface area (TPSA) is 93.2 Å². The van der Waals surface area contributed by atoms with Crippen LogP contribution in [0.1, 0.15) is 30.5 Å². The van der Waals surface area contributed by atoms with E-state index in [-0.39, 0.29) is 24.3 Å². The Morgan fingerprint density at radius 1 is 1.47 bits per heavy atom. The highest BCUT2D eigenvalue weighted by atomic mass is 16.6. The average molecular weight is 262 g/mol. The van der Waals surface area contributed by atoms with Gasteiger partial charge in [0.2, 0.25) is 0 Å². The smallest absolute Gasteiger partial charge is 0.310 e. The van der Waals surface area contributed by atoms with Crippen LogP contribution in [0.15, 0.2) is 12.1 Å². The highest BCUT2D eigenvalue weighted by Gasteiger charge is 2.23. The van der Waals surface area contributed by atoms with Crippen LogP contribution in [0.3, 0.4) is 0 Å². The van der Waals surface area contributed by atoms with Crippen molar-refractivity contribution in [1.29, 1.82) is 5.26 Å². The maximum absolute atomic E-state index is 11.5. The molecule has 19 heavy (non-hydrogen) atoms. The summed E-state index contributed by atoms with van der Waals surface area (Å²) in [6, 6.07) is 4.74. The average Bonchev–Trinajstić information content (AvgIpc) is 2.38. The Labute approximate surface area is 110 Å². The number of benzene rings is 1. The third kappa shape index (κ3) is 3.28. The summed E-state index contributed by atoms with van der Waals surface area (Å²) >= 11 is 0. The molecule has 0 bridgehead atoms. The monoisotopic (exact) mass is 262 g/mol. The van der Waals surface area contributed by atoms with Gasteiger partial charge in [0.25, 0.3) is 5.69 Å². The summed E-state index contributed by atoms with van der Waals surface area (Å²) in [4.78, 5) is 21.9. The van der Waals surface area contributed by atoms with E-state index in [1.54, 1.807) is 26.0 Å². The fraction of sp³-hybridized carbons (Fsp3) is 0.385. The van der Waals surface area contributed by atoms with E-state index < -0.39 is 10.9 Å². The highest BCUT2D eigenvalue weighted by Crippen LogP contribution is 2.27. The molecular weight excluding hydrogens is 248 g/mol. The molecular formula is C13H14N2O4. The van der Waals surface area contributed by atoms with Crippen LogP contribution in [-0.2, 0) is 22.4 Å². The number of ether oxygens (including phenoxy) is 1. The third-order valence-electron chi connectivity index (χ3n) is 2.68. The van der Waals surface area contributed by atoms with E-state index in [1.165, 1.54) is 6.07 Å². The molecule has 0 spiro atoms. The van der Waals surface area contributed by atoms with E-state index in [9.17, 15) is 14.9 Å². The number of hydrogen-bond acceptors (Lipinski definition) is 5. The number of nitro benzene ring substituents is 1. The van der Waals surface area contributed by atoms with Crippen molar-refractivity contribution in [2.24, 2.45) is 0 Å². The molecule has 0 fully saturated rings. The zero-order valence-electron chi connectivity index (χ0n) is 10.8. The van der Waals surface area contributed by atoms with Gasteiger partial charge in [-0.3, -0.25) is 14.9 Å². The Hall–Kier alpha value is -2.42. The first-order valence-electron chi connectivity index (χ1n) is 5.89. The van der Waals surface area contributed by atoms with Crippen LogP contribution < -0.4 is 0 Å². The normalized spacial score (nSPS) is 9.74. The molecule has 0 saturated carbocycles. The molecule has 0 N–H and O–H groups in total. The number of carbonyl (C=O) groups excluding carboxylic acids is 1. The van der Waals surface area contributed by atoms with E-state index >= 15 is 0 Å². The lowest BCUT2D eigenvalue weighted by molar-refractivity contribution is -0.385. The first-order chi connectivity index (χ1) is 9.04. The molecule has 0 atom stereocenters. The van der Waals surface area contributed by atoms with Gasteiger partial charge in [-0.2, -0.15) is 5.26 Å². The van der Waals surface area contributed by atoms with Crippen molar-refractivity contribution in [3.8, 4) is 6.07 Å². The van der Waals surface area contributed by atoms with E-state index in [1.807, 2.05) is 0 Å². The lowest BCUT2D eigenvalue weighted by atomic mass is 9.97. The lowest BCUT2D eigenvalue weighted by Gasteiger charge is -2.09. The molecule has 0 aliphatic carbocycles. The molecule has 0 aromatic heterocycles. The van der Waals surface area contributed by atoms with Gasteiger partial charge >= 0.3 is 5.97 Å². The molecule has 1 aromatic rings. The van der Waals surface area contributed by atoms with Crippen LogP contribution in [0.5, 0.6) is 0 Å². The van der Waals surface area contributed by atoms with Crippen LogP contribution in [0.2, 0.25) is 0 Å². The van der Waals surface area contributed by atoms with E-state index in [0.717, 1.165) is 0 Å². The molecule has 1 aromatic carbocycles. The number of nitrogens with zero attached hydrogens (tertiary/aromatic N) is 2. The number of esters is 1. The van der Waals surface area contributed by atoms with Crippen molar-refractivity contribution in [2.75, 3.05) is 6.61 Å². The Morgan fingerprint density at radius 2 is 2.16 bits per heavy atom. The van der Waals surface area contributed by atoms with Gasteiger partial charge < -0.3 is 4.74 Å². The number of rotatable bonds is 5. The first-order valence-corrected chi connectivity index (χ1v) is 5.89. The second-order valence-corrected chi connectivity index (χ2v) is 3.80. The van der Waals surface area contributed by atoms with Crippen LogP contribution in [-0.4, -0.2) is 17.5 Å². The summed E-state index contributed by atoms with van der Waals surface area (Å²) in [6.07, 6.45) is 0.351. The minimum absolute atomic E-state index is 0.00876. The Morgan fingerprint density at radius 3 is 2.63 bits per heavy atom. The number of nitriles is 1. The van der Waals surface area contributed by atoms with Gasteiger partial charge in [-0.1, -0.05) is 13.0 Å². The third-order valence-corrected chi connectivity index (χ3v) is 2.68. The maximum atomic E-state index is 11.5. The van der Waals surface area contributed by atoms with E-state index in [2.05, 4.69) is 0 Å². The van der Waals surface area contributed by atoms with Gasteiger partial charge in [-0.05, 0) is 25.0 Å². The quantitative estimate of drug-likeness (QED) is 0.460. The minimum Gasteiger partial charge on any atom is -0.466 e. The number of nitro groups is 1. The molecule has 0 saturated heterocycles. The largest absolute Gasteiger partial charge is 0.466 e. The lowest BCUT2D eigenvalue weighted by Crippen LogP contribution is -2.11. The van der Waals surface area contributed by atoms with Crippen LogP contribution >= 0.6 is 0 Å².